The normalized spacial score (nSPS) is 34.6. The highest BCUT2D eigenvalue weighted by molar-refractivity contribution is 6.43. The van der Waals surface area contributed by atoms with Crippen LogP contribution in [-0.2, 0) is 0 Å². The van der Waals surface area contributed by atoms with Gasteiger partial charge in [0, 0.05) is 5.82 Å². The summed E-state index contributed by atoms with van der Waals surface area (Å²) in [5.41, 5.74) is 0.0988. The Kier molecular flexibility index (Phi) is 5.69. The van der Waals surface area contributed by atoms with E-state index in [4.69, 9.17) is 0 Å². The van der Waals surface area contributed by atoms with Crippen LogP contribution < -0.4 is 0 Å². The summed E-state index contributed by atoms with van der Waals surface area (Å²) in [4.78, 5) is 0. The fourth-order valence-corrected chi connectivity index (χ4v) is 5.77. The second-order valence-electron chi connectivity index (χ2n) is 8.16. The first kappa shape index (κ1) is 17.3. The van der Waals surface area contributed by atoms with Crippen LogP contribution >= 0.6 is 0 Å². The van der Waals surface area contributed by atoms with Crippen LogP contribution in [0.1, 0.15) is 83.5 Å². The maximum atomic E-state index is 10.2. The molecule has 23 heavy (non-hydrogen) atoms. The summed E-state index contributed by atoms with van der Waals surface area (Å²) in [7, 11) is -1.19. The van der Waals surface area contributed by atoms with Crippen LogP contribution in [0.25, 0.3) is 0 Å². The molecule has 0 aromatic carbocycles. The van der Waals surface area contributed by atoms with Crippen molar-refractivity contribution < 1.29 is 10.0 Å². The first-order valence-electron chi connectivity index (χ1n) is 9.93. The highest BCUT2D eigenvalue weighted by Crippen LogP contribution is 2.62. The Morgan fingerprint density at radius 1 is 0.696 bits per heavy atom. The topological polar surface area (TPSA) is 40.5 Å². The largest absolute Gasteiger partial charge is 0.455 e. The number of hydrogen-bond acceptors (Lipinski definition) is 2. The van der Waals surface area contributed by atoms with Gasteiger partial charge in [-0.3, -0.25) is 0 Å². The van der Waals surface area contributed by atoms with Gasteiger partial charge in [-0.2, -0.15) is 0 Å². The molecule has 0 aromatic rings. The Labute approximate surface area is 142 Å². The summed E-state index contributed by atoms with van der Waals surface area (Å²) >= 11 is 0. The van der Waals surface area contributed by atoms with Crippen LogP contribution in [-0.4, -0.2) is 17.2 Å². The average molecular weight is 316 g/mol. The second-order valence-corrected chi connectivity index (χ2v) is 8.16. The Hall–Kier alpha value is -0.535. The van der Waals surface area contributed by atoms with E-state index in [1.165, 1.54) is 64.2 Å². The lowest BCUT2D eigenvalue weighted by Crippen LogP contribution is -2.49. The molecule has 0 amide bonds. The summed E-state index contributed by atoms with van der Waals surface area (Å²) in [6.45, 7) is 0. The first-order valence-corrected chi connectivity index (χ1v) is 9.93. The van der Waals surface area contributed by atoms with Gasteiger partial charge in [0.05, 0.1) is 0 Å². The van der Waals surface area contributed by atoms with Crippen LogP contribution in [0.3, 0.4) is 0 Å². The van der Waals surface area contributed by atoms with E-state index in [0.29, 0.717) is 0 Å². The van der Waals surface area contributed by atoms with E-state index in [1.54, 1.807) is 0 Å². The van der Waals surface area contributed by atoms with Crippen molar-refractivity contribution in [2.45, 2.75) is 89.3 Å². The monoisotopic (exact) mass is 316 g/mol. The van der Waals surface area contributed by atoms with Gasteiger partial charge in [0.25, 0.3) is 0 Å². The average Bonchev–Trinajstić information content (AvgIpc) is 2.48. The smallest absolute Gasteiger partial charge is 0.427 e. The van der Waals surface area contributed by atoms with Gasteiger partial charge in [0.15, 0.2) is 0 Å². The fourth-order valence-electron chi connectivity index (χ4n) is 5.77. The maximum absolute atomic E-state index is 10.2. The van der Waals surface area contributed by atoms with Crippen molar-refractivity contribution in [2.75, 3.05) is 0 Å². The molecule has 2 fully saturated rings. The number of fused-ring (bicyclic) bond motifs is 1. The minimum atomic E-state index is -1.19. The molecule has 0 saturated heterocycles. The predicted octanol–water partition coefficient (Wildman–Crippen LogP) is 5.03. The lowest BCUT2D eigenvalue weighted by Gasteiger charge is -2.55. The Morgan fingerprint density at radius 2 is 1.26 bits per heavy atom. The van der Waals surface area contributed by atoms with Crippen LogP contribution in [0.2, 0.25) is 5.82 Å². The molecule has 2 atom stereocenters. The Morgan fingerprint density at radius 3 is 1.96 bits per heavy atom. The zero-order valence-electron chi connectivity index (χ0n) is 14.6. The second kappa shape index (κ2) is 7.57. The molecular weight excluding hydrogens is 283 g/mol. The van der Waals surface area contributed by atoms with Gasteiger partial charge in [0.2, 0.25) is 0 Å². The molecule has 0 heterocycles. The highest BCUT2D eigenvalue weighted by Gasteiger charge is 2.55. The molecule has 0 radical (unpaired) electrons. The van der Waals surface area contributed by atoms with Crippen molar-refractivity contribution >= 4 is 7.12 Å². The van der Waals surface area contributed by atoms with E-state index in [0.717, 1.165) is 19.3 Å². The third kappa shape index (κ3) is 3.32. The summed E-state index contributed by atoms with van der Waals surface area (Å²) < 4.78 is 0. The van der Waals surface area contributed by atoms with Gasteiger partial charge in [-0.15, -0.1) is 0 Å². The molecule has 2 N–H and O–H groups in total. The van der Waals surface area contributed by atoms with Crippen molar-refractivity contribution in [1.82, 2.24) is 0 Å². The Bertz CT molecular complexity index is 435. The molecule has 0 bridgehead atoms. The van der Waals surface area contributed by atoms with E-state index in [9.17, 15) is 10.0 Å². The van der Waals surface area contributed by atoms with Gasteiger partial charge in [-0.25, -0.2) is 0 Å². The molecule has 0 aliphatic heterocycles. The molecule has 128 valence electrons. The summed E-state index contributed by atoms with van der Waals surface area (Å²) in [5.74, 6) is -0.0107. The third-order valence-corrected chi connectivity index (χ3v) is 6.97. The van der Waals surface area contributed by atoms with Gasteiger partial charge in [0.1, 0.15) is 0 Å². The SMILES string of the molecule is OB(O)C1CCCCCCC12C=CC=CC21CCCCCCC1. The quantitative estimate of drug-likeness (QED) is 0.666. The lowest BCUT2D eigenvalue weighted by atomic mass is 9.42. The number of rotatable bonds is 1. The zero-order valence-corrected chi connectivity index (χ0v) is 14.6. The van der Waals surface area contributed by atoms with Crippen molar-refractivity contribution in [2.24, 2.45) is 10.8 Å². The minimum Gasteiger partial charge on any atom is -0.427 e. The van der Waals surface area contributed by atoms with E-state index in [-0.39, 0.29) is 16.6 Å². The van der Waals surface area contributed by atoms with E-state index < -0.39 is 7.12 Å². The molecule has 3 aliphatic rings. The first-order chi connectivity index (χ1) is 11.2. The molecule has 2 saturated carbocycles. The Balaban J connectivity index is 2.00. The van der Waals surface area contributed by atoms with Crippen LogP contribution in [0.5, 0.6) is 0 Å². The van der Waals surface area contributed by atoms with Gasteiger partial charge in [-0.1, -0.05) is 88.5 Å². The maximum Gasteiger partial charge on any atom is 0.455 e. The van der Waals surface area contributed by atoms with E-state index >= 15 is 0 Å². The molecule has 0 aromatic heterocycles. The lowest BCUT2D eigenvalue weighted by molar-refractivity contribution is 0.0564. The van der Waals surface area contributed by atoms with Crippen molar-refractivity contribution in [1.29, 1.82) is 0 Å². The molecule has 3 aliphatic carbocycles. The van der Waals surface area contributed by atoms with Gasteiger partial charge >= 0.3 is 7.12 Å². The summed E-state index contributed by atoms with van der Waals surface area (Å²) in [6, 6.07) is 0. The van der Waals surface area contributed by atoms with Crippen LogP contribution in [0, 0.1) is 10.8 Å². The third-order valence-electron chi connectivity index (χ3n) is 6.97. The molecule has 2 unspecified atom stereocenters. The van der Waals surface area contributed by atoms with E-state index in [2.05, 4.69) is 24.3 Å². The van der Waals surface area contributed by atoms with Crippen molar-refractivity contribution in [3.8, 4) is 0 Å². The van der Waals surface area contributed by atoms with Gasteiger partial charge < -0.3 is 10.0 Å². The standard InChI is InChI=1S/C20H33BO2/c22-21(23)18-12-6-2-5-9-16-20(18)17-11-10-15-19(20)13-7-3-1-4-8-14-19/h10-11,15,17-18,22-23H,1-9,12-14,16H2. The molecule has 2 spiro atoms. The zero-order chi connectivity index (χ0) is 16.2. The van der Waals surface area contributed by atoms with Crippen molar-refractivity contribution in [3.63, 3.8) is 0 Å². The molecule has 3 rings (SSSR count). The van der Waals surface area contributed by atoms with Crippen LogP contribution in [0.4, 0.5) is 0 Å². The van der Waals surface area contributed by atoms with E-state index in [1.807, 2.05) is 0 Å². The van der Waals surface area contributed by atoms with Crippen molar-refractivity contribution in [3.05, 3.63) is 24.3 Å². The summed E-state index contributed by atoms with van der Waals surface area (Å²) in [6.07, 6.45) is 25.3. The summed E-state index contributed by atoms with van der Waals surface area (Å²) in [5, 5.41) is 20.5. The predicted molar refractivity (Wildman–Crippen MR) is 97.1 cm³/mol. The molecular formula is C20H33BO2. The fraction of sp³-hybridized carbons (Fsp3) is 0.800. The molecule has 3 heteroatoms. The minimum absolute atomic E-state index is 0.0107. The molecule has 2 nitrogen and oxygen atoms in total. The highest BCUT2D eigenvalue weighted by atomic mass is 16.4. The van der Waals surface area contributed by atoms with Gasteiger partial charge in [-0.05, 0) is 30.1 Å². The van der Waals surface area contributed by atoms with Crippen LogP contribution in [0.15, 0.2) is 24.3 Å². The number of hydrogen-bond donors (Lipinski definition) is 2. The number of allylic oxidation sites excluding steroid dienone is 4.